The molecule has 3 nitrogen and oxygen atoms in total. The van der Waals surface area contributed by atoms with Gasteiger partial charge in [0, 0.05) is 22.7 Å². The number of benzene rings is 2. The first-order valence-electron chi connectivity index (χ1n) is 5.80. The SMILES string of the molecule is O=S(O)(O)=S.[H-].[K+].c1ccc(CSCc2ccccc2)cc1. The van der Waals surface area contributed by atoms with E-state index in [1.54, 1.807) is 0 Å². The molecule has 21 heavy (non-hydrogen) atoms. The van der Waals surface area contributed by atoms with Gasteiger partial charge >= 0.3 is 51.4 Å². The molecule has 0 radical (unpaired) electrons. The molecule has 0 saturated heterocycles. The Bertz CT molecular complexity index is 548. The Balaban J connectivity index is 0. The van der Waals surface area contributed by atoms with Crippen molar-refractivity contribution < 1.29 is 66.1 Å². The Morgan fingerprint density at radius 3 is 1.48 bits per heavy atom. The number of rotatable bonds is 4. The third-order valence-corrected chi connectivity index (χ3v) is 3.30. The summed E-state index contributed by atoms with van der Waals surface area (Å²) in [6, 6.07) is 21.2. The molecule has 0 heterocycles. The van der Waals surface area contributed by atoms with Gasteiger partial charge in [0.05, 0.1) is 0 Å². The standard InChI is InChI=1S/C14H14S.K.H2O3S2.H/c1-3-7-13(8-4-1)11-15-12-14-9-5-2-6-10-14;;1-5(2,3)4;/h1-10H,11-12H2;;(H2,1,2,3,4);/q;+1;;-1. The van der Waals surface area contributed by atoms with Gasteiger partial charge in [0.2, 0.25) is 0 Å². The van der Waals surface area contributed by atoms with Crippen LogP contribution < -0.4 is 51.4 Å². The van der Waals surface area contributed by atoms with E-state index in [9.17, 15) is 0 Å². The monoisotopic (exact) mass is 368 g/mol. The van der Waals surface area contributed by atoms with Gasteiger partial charge in [-0.2, -0.15) is 16.0 Å². The first kappa shape index (κ1) is 21.7. The van der Waals surface area contributed by atoms with E-state index < -0.39 is 9.05 Å². The molecule has 0 atom stereocenters. The first-order chi connectivity index (χ1) is 9.45. The van der Waals surface area contributed by atoms with Crippen LogP contribution in [0.25, 0.3) is 0 Å². The van der Waals surface area contributed by atoms with E-state index in [2.05, 4.69) is 71.9 Å². The van der Waals surface area contributed by atoms with Crippen molar-refractivity contribution in [3.8, 4) is 0 Å². The summed E-state index contributed by atoms with van der Waals surface area (Å²) in [5.74, 6) is 2.19. The van der Waals surface area contributed by atoms with Gasteiger partial charge in [0.25, 0.3) is 9.05 Å². The molecular weight excluding hydrogens is 351 g/mol. The molecule has 0 saturated carbocycles. The molecule has 7 heteroatoms. The molecule has 110 valence electrons. The summed E-state index contributed by atoms with van der Waals surface area (Å²) < 4.78 is 24.0. The molecule has 0 spiro atoms. The average Bonchev–Trinajstić information content (AvgIpc) is 2.39. The predicted molar refractivity (Wildman–Crippen MR) is 89.8 cm³/mol. The maximum atomic E-state index is 9.11. The molecule has 0 aliphatic carbocycles. The van der Waals surface area contributed by atoms with Crippen molar-refractivity contribution in [1.29, 1.82) is 0 Å². The normalized spacial score (nSPS) is 10.0. The van der Waals surface area contributed by atoms with Crippen molar-refractivity contribution in [3.05, 3.63) is 71.8 Å². The number of hydrogen-bond donors (Lipinski definition) is 2. The van der Waals surface area contributed by atoms with Crippen LogP contribution in [0.5, 0.6) is 0 Å². The predicted octanol–water partition coefficient (Wildman–Crippen LogP) is 0.915. The molecule has 0 bridgehead atoms. The summed E-state index contributed by atoms with van der Waals surface area (Å²) in [6.07, 6.45) is 0. The van der Waals surface area contributed by atoms with Gasteiger partial charge in [-0.1, -0.05) is 60.7 Å². The van der Waals surface area contributed by atoms with Gasteiger partial charge in [0.15, 0.2) is 0 Å². The second kappa shape index (κ2) is 12.2. The van der Waals surface area contributed by atoms with Gasteiger partial charge in [-0.15, -0.1) is 0 Å². The Morgan fingerprint density at radius 2 is 1.19 bits per heavy atom. The summed E-state index contributed by atoms with van der Waals surface area (Å²) in [6.45, 7) is 0. The molecule has 2 aromatic carbocycles. The maximum absolute atomic E-state index is 9.11. The summed E-state index contributed by atoms with van der Waals surface area (Å²) in [5, 5.41) is 0. The molecule has 0 aromatic heterocycles. The van der Waals surface area contributed by atoms with Crippen molar-refractivity contribution >= 4 is 32.0 Å². The van der Waals surface area contributed by atoms with Crippen LogP contribution in [0.1, 0.15) is 12.6 Å². The second-order valence-electron chi connectivity index (χ2n) is 3.91. The molecule has 0 aliphatic heterocycles. The fourth-order valence-electron chi connectivity index (χ4n) is 1.44. The van der Waals surface area contributed by atoms with Crippen LogP contribution in [0.3, 0.4) is 0 Å². The van der Waals surface area contributed by atoms with Crippen LogP contribution in [0.2, 0.25) is 0 Å². The fourth-order valence-corrected chi connectivity index (χ4v) is 2.39. The summed E-state index contributed by atoms with van der Waals surface area (Å²) in [7, 11) is -3.83. The Kier molecular flexibility index (Phi) is 12.6. The third kappa shape index (κ3) is 14.1. The van der Waals surface area contributed by atoms with Crippen LogP contribution in [0.15, 0.2) is 60.7 Å². The fraction of sp³-hybridized carbons (Fsp3) is 0.143. The van der Waals surface area contributed by atoms with E-state index in [0.29, 0.717) is 0 Å². The van der Waals surface area contributed by atoms with Crippen molar-refractivity contribution in [2.75, 3.05) is 0 Å². The first-order valence-corrected chi connectivity index (χ1v) is 9.36. The minimum absolute atomic E-state index is 0. The van der Waals surface area contributed by atoms with Gasteiger partial charge in [-0.3, -0.25) is 9.11 Å². The van der Waals surface area contributed by atoms with E-state index in [1.165, 1.54) is 11.1 Å². The zero-order valence-electron chi connectivity index (χ0n) is 12.7. The van der Waals surface area contributed by atoms with Gasteiger partial charge in [0.1, 0.15) is 0 Å². The molecule has 0 unspecified atom stereocenters. The van der Waals surface area contributed by atoms with Crippen LogP contribution in [0, 0.1) is 0 Å². The molecule has 0 fully saturated rings. The topological polar surface area (TPSA) is 57.5 Å². The maximum Gasteiger partial charge on any atom is 1.00 e. The molecule has 0 amide bonds. The molecule has 0 aliphatic rings. The summed E-state index contributed by atoms with van der Waals surface area (Å²) >= 11 is 5.42. The van der Waals surface area contributed by atoms with Crippen molar-refractivity contribution in [2.24, 2.45) is 0 Å². The van der Waals surface area contributed by atoms with E-state index >= 15 is 0 Å². The molecular formula is C14H17KO3S3. The van der Waals surface area contributed by atoms with Crippen LogP contribution >= 0.6 is 11.8 Å². The Morgan fingerprint density at radius 1 is 0.905 bits per heavy atom. The van der Waals surface area contributed by atoms with Crippen LogP contribution in [-0.4, -0.2) is 13.3 Å². The summed E-state index contributed by atoms with van der Waals surface area (Å²) in [4.78, 5) is 0. The number of thioether (sulfide) groups is 1. The summed E-state index contributed by atoms with van der Waals surface area (Å²) in [5.41, 5.74) is 2.80. The van der Waals surface area contributed by atoms with Crippen molar-refractivity contribution in [1.82, 2.24) is 0 Å². The Hall–Kier alpha value is 0.716. The van der Waals surface area contributed by atoms with E-state index in [4.69, 9.17) is 13.3 Å². The third-order valence-electron chi connectivity index (χ3n) is 2.22. The van der Waals surface area contributed by atoms with Gasteiger partial charge in [-0.25, -0.2) is 0 Å². The average molecular weight is 369 g/mol. The Labute approximate surface area is 179 Å². The zero-order chi connectivity index (χ0) is 14.8. The van der Waals surface area contributed by atoms with Crippen molar-refractivity contribution in [3.63, 3.8) is 0 Å². The molecule has 2 rings (SSSR count). The molecule has 2 N–H and O–H groups in total. The largest absolute Gasteiger partial charge is 1.00 e. The van der Waals surface area contributed by atoms with Gasteiger partial charge in [-0.05, 0) is 11.1 Å². The van der Waals surface area contributed by atoms with E-state index in [1.807, 2.05) is 11.8 Å². The van der Waals surface area contributed by atoms with Crippen molar-refractivity contribution in [2.45, 2.75) is 11.5 Å². The van der Waals surface area contributed by atoms with Gasteiger partial charge < -0.3 is 1.43 Å². The zero-order valence-corrected chi connectivity index (χ0v) is 17.3. The minimum Gasteiger partial charge on any atom is -1.00 e. The van der Waals surface area contributed by atoms with E-state index in [-0.39, 0.29) is 52.8 Å². The van der Waals surface area contributed by atoms with Crippen LogP contribution in [-0.2, 0) is 31.7 Å². The van der Waals surface area contributed by atoms with Crippen LogP contribution in [0.4, 0.5) is 0 Å². The quantitative estimate of drug-likeness (QED) is 0.786. The number of hydrogen-bond acceptors (Lipinski definition) is 3. The second-order valence-corrected chi connectivity index (χ2v) is 7.10. The molecule has 2 aromatic rings. The van der Waals surface area contributed by atoms with E-state index in [0.717, 1.165) is 11.5 Å². The smallest absolute Gasteiger partial charge is 1.00 e. The minimum atomic E-state index is -3.83.